The Labute approximate surface area is 196 Å². The molecule has 10 heteroatoms. The van der Waals surface area contributed by atoms with Gasteiger partial charge in [0.05, 0.1) is 25.8 Å². The van der Waals surface area contributed by atoms with Crippen molar-refractivity contribution in [3.05, 3.63) is 54.0 Å². The first-order valence-electron chi connectivity index (χ1n) is 11.3. The molecule has 4 heterocycles. The number of benzene rings is 1. The smallest absolute Gasteiger partial charge is 0.290 e. The van der Waals surface area contributed by atoms with Crippen LogP contribution in [0, 0.1) is 0 Å². The van der Waals surface area contributed by atoms with Crippen LogP contribution in [-0.2, 0) is 20.8 Å². The van der Waals surface area contributed by atoms with E-state index in [4.69, 9.17) is 9.15 Å². The van der Waals surface area contributed by atoms with E-state index in [-0.39, 0.29) is 48.4 Å². The molecule has 3 aliphatic rings. The summed E-state index contributed by atoms with van der Waals surface area (Å²) in [4.78, 5) is 55.0. The van der Waals surface area contributed by atoms with Crippen LogP contribution in [0.1, 0.15) is 29.0 Å². The lowest BCUT2D eigenvalue weighted by molar-refractivity contribution is -0.138. The van der Waals surface area contributed by atoms with Crippen LogP contribution < -0.4 is 15.4 Å². The highest BCUT2D eigenvalue weighted by molar-refractivity contribution is 5.99. The molecule has 5 rings (SSSR count). The molecule has 1 aromatic carbocycles. The SMILES string of the molecule is COc1ccccc1CC(=O)NC1CC2C(=O)NC3CCN(C(=O)c4ccco4)C3C(=O)N2C1. The second-order valence-corrected chi connectivity index (χ2v) is 8.82. The Morgan fingerprint density at radius 1 is 1.21 bits per heavy atom. The van der Waals surface area contributed by atoms with E-state index in [2.05, 4.69) is 10.6 Å². The average molecular weight is 466 g/mol. The largest absolute Gasteiger partial charge is 0.496 e. The summed E-state index contributed by atoms with van der Waals surface area (Å²) in [7, 11) is 1.55. The zero-order chi connectivity index (χ0) is 23.8. The van der Waals surface area contributed by atoms with Gasteiger partial charge in [-0.25, -0.2) is 0 Å². The second kappa shape index (κ2) is 8.85. The van der Waals surface area contributed by atoms with Gasteiger partial charge < -0.3 is 29.6 Å². The minimum atomic E-state index is -0.797. The predicted molar refractivity (Wildman–Crippen MR) is 119 cm³/mol. The molecule has 10 nitrogen and oxygen atoms in total. The summed E-state index contributed by atoms with van der Waals surface area (Å²) in [5.41, 5.74) is 0.754. The molecule has 2 aromatic rings. The van der Waals surface area contributed by atoms with E-state index in [0.29, 0.717) is 25.1 Å². The van der Waals surface area contributed by atoms with Gasteiger partial charge in [-0.05, 0) is 31.0 Å². The van der Waals surface area contributed by atoms with Gasteiger partial charge in [0.15, 0.2) is 5.76 Å². The lowest BCUT2D eigenvalue weighted by Gasteiger charge is -2.28. The van der Waals surface area contributed by atoms with E-state index in [9.17, 15) is 19.2 Å². The summed E-state index contributed by atoms with van der Waals surface area (Å²) in [6, 6.07) is 8.16. The van der Waals surface area contributed by atoms with Crippen LogP contribution in [0.4, 0.5) is 0 Å². The summed E-state index contributed by atoms with van der Waals surface area (Å²) >= 11 is 0. The van der Waals surface area contributed by atoms with E-state index in [1.165, 1.54) is 16.1 Å². The van der Waals surface area contributed by atoms with Gasteiger partial charge >= 0.3 is 0 Å². The number of amides is 4. The quantitative estimate of drug-likeness (QED) is 0.655. The summed E-state index contributed by atoms with van der Waals surface area (Å²) in [6.07, 6.45) is 2.35. The first-order chi connectivity index (χ1) is 16.5. The lowest BCUT2D eigenvalue weighted by Crippen LogP contribution is -2.52. The number of nitrogens with one attached hydrogen (secondary N) is 2. The Bertz CT molecular complexity index is 1120. The number of rotatable bonds is 5. The van der Waals surface area contributed by atoms with E-state index in [0.717, 1.165) is 5.56 Å². The Morgan fingerprint density at radius 2 is 2.03 bits per heavy atom. The molecule has 3 fully saturated rings. The third-order valence-corrected chi connectivity index (χ3v) is 6.77. The van der Waals surface area contributed by atoms with Crippen LogP contribution in [0.5, 0.6) is 5.75 Å². The minimum absolute atomic E-state index is 0.126. The number of carbonyl (C=O) groups excluding carboxylic acids is 4. The van der Waals surface area contributed by atoms with Gasteiger partial charge in [0, 0.05) is 24.7 Å². The number of ether oxygens (including phenoxy) is 1. The molecule has 0 saturated carbocycles. The van der Waals surface area contributed by atoms with Crippen LogP contribution in [0.3, 0.4) is 0 Å². The highest BCUT2D eigenvalue weighted by Crippen LogP contribution is 2.30. The van der Waals surface area contributed by atoms with Gasteiger partial charge in [0.25, 0.3) is 5.91 Å². The maximum Gasteiger partial charge on any atom is 0.290 e. The topological polar surface area (TPSA) is 121 Å². The van der Waals surface area contributed by atoms with E-state index in [1.807, 2.05) is 18.2 Å². The van der Waals surface area contributed by atoms with Crippen LogP contribution >= 0.6 is 0 Å². The molecule has 1 aromatic heterocycles. The van der Waals surface area contributed by atoms with Crippen molar-refractivity contribution in [1.82, 2.24) is 20.4 Å². The van der Waals surface area contributed by atoms with Crippen molar-refractivity contribution in [2.24, 2.45) is 0 Å². The number of carbonyl (C=O) groups is 4. The van der Waals surface area contributed by atoms with Crippen molar-refractivity contribution < 1.29 is 28.3 Å². The Hall–Kier alpha value is -3.82. The van der Waals surface area contributed by atoms with Crippen LogP contribution in [0.25, 0.3) is 0 Å². The normalized spacial score (nSPS) is 25.9. The lowest BCUT2D eigenvalue weighted by atomic mass is 10.1. The third-order valence-electron chi connectivity index (χ3n) is 6.77. The van der Waals surface area contributed by atoms with Gasteiger partial charge in [-0.1, -0.05) is 18.2 Å². The van der Waals surface area contributed by atoms with Crippen molar-refractivity contribution >= 4 is 23.6 Å². The molecule has 4 atom stereocenters. The Kier molecular flexibility index (Phi) is 5.72. The summed E-state index contributed by atoms with van der Waals surface area (Å²) in [5.74, 6) is -0.348. The average Bonchev–Trinajstić information content (AvgIpc) is 3.57. The molecular weight excluding hydrogens is 440 g/mol. The molecule has 2 N–H and O–H groups in total. The molecule has 0 bridgehead atoms. The number of methoxy groups -OCH3 is 1. The van der Waals surface area contributed by atoms with E-state index in [1.54, 1.807) is 25.3 Å². The molecule has 0 radical (unpaired) electrons. The molecule has 0 aliphatic carbocycles. The zero-order valence-corrected chi connectivity index (χ0v) is 18.7. The summed E-state index contributed by atoms with van der Waals surface area (Å²) < 4.78 is 10.5. The predicted octanol–water partition coefficient (Wildman–Crippen LogP) is 0.330. The number of fused-ring (bicyclic) bond motifs is 2. The maximum atomic E-state index is 13.5. The van der Waals surface area contributed by atoms with Gasteiger partial charge in [0.1, 0.15) is 17.8 Å². The first-order valence-corrected chi connectivity index (χ1v) is 11.3. The van der Waals surface area contributed by atoms with Crippen LogP contribution in [0.2, 0.25) is 0 Å². The standard InChI is InChI=1S/C24H26N4O6/c1-33-18-6-3-2-5-14(18)11-20(29)25-15-12-17-22(30)26-16-8-9-27(21(16)24(32)28(17)13-15)23(31)19-7-4-10-34-19/h2-7,10,15-17,21H,8-9,11-13H2,1H3,(H,25,29)(H,26,30). The number of likely N-dealkylation sites (tertiary alicyclic amines) is 1. The van der Waals surface area contributed by atoms with Crippen molar-refractivity contribution in [3.8, 4) is 5.75 Å². The highest BCUT2D eigenvalue weighted by Gasteiger charge is 2.52. The Balaban J connectivity index is 1.29. The number of nitrogens with zero attached hydrogens (tertiary/aromatic N) is 2. The number of hydrogen-bond donors (Lipinski definition) is 2. The number of hydrogen-bond acceptors (Lipinski definition) is 6. The second-order valence-electron chi connectivity index (χ2n) is 8.82. The molecule has 3 aliphatic heterocycles. The fraction of sp³-hybridized carbons (Fsp3) is 0.417. The van der Waals surface area contributed by atoms with E-state index < -0.39 is 18.1 Å². The monoisotopic (exact) mass is 466 g/mol. The molecule has 0 spiro atoms. The maximum absolute atomic E-state index is 13.5. The minimum Gasteiger partial charge on any atom is -0.496 e. The molecule has 3 saturated heterocycles. The van der Waals surface area contributed by atoms with Gasteiger partial charge in [-0.15, -0.1) is 0 Å². The Morgan fingerprint density at radius 3 is 2.79 bits per heavy atom. The van der Waals surface area contributed by atoms with Crippen LogP contribution in [-0.4, -0.2) is 77.8 Å². The molecule has 4 amide bonds. The van der Waals surface area contributed by atoms with E-state index >= 15 is 0 Å². The van der Waals surface area contributed by atoms with Gasteiger partial charge in [-0.3, -0.25) is 19.2 Å². The molecule has 4 unspecified atom stereocenters. The molecule has 178 valence electrons. The van der Waals surface area contributed by atoms with Crippen molar-refractivity contribution in [3.63, 3.8) is 0 Å². The summed E-state index contributed by atoms with van der Waals surface area (Å²) in [6.45, 7) is 0.555. The fourth-order valence-electron chi connectivity index (χ4n) is 5.20. The van der Waals surface area contributed by atoms with Crippen molar-refractivity contribution in [2.75, 3.05) is 20.2 Å². The van der Waals surface area contributed by atoms with Gasteiger partial charge in [0.2, 0.25) is 17.7 Å². The third kappa shape index (κ3) is 3.89. The summed E-state index contributed by atoms with van der Waals surface area (Å²) in [5, 5.41) is 5.90. The first kappa shape index (κ1) is 22.0. The van der Waals surface area contributed by atoms with Crippen molar-refractivity contribution in [1.29, 1.82) is 0 Å². The zero-order valence-electron chi connectivity index (χ0n) is 18.7. The molecule has 34 heavy (non-hydrogen) atoms. The number of para-hydroxylation sites is 1. The van der Waals surface area contributed by atoms with Gasteiger partial charge in [-0.2, -0.15) is 0 Å². The molecular formula is C24H26N4O6. The van der Waals surface area contributed by atoms with Crippen LogP contribution in [0.15, 0.2) is 47.1 Å². The number of furan rings is 1. The fourth-order valence-corrected chi connectivity index (χ4v) is 5.20. The highest BCUT2D eigenvalue weighted by atomic mass is 16.5. The van der Waals surface area contributed by atoms with Crippen molar-refractivity contribution in [2.45, 2.75) is 43.4 Å².